The maximum Gasteiger partial charge on any atom is 0.433 e. The molecule has 0 radical (unpaired) electrons. The molecule has 33 heavy (non-hydrogen) atoms. The van der Waals surface area contributed by atoms with Crippen molar-refractivity contribution in [2.45, 2.75) is 31.5 Å². The molecule has 0 bridgehead atoms. The second kappa shape index (κ2) is 9.44. The lowest BCUT2D eigenvalue weighted by Crippen LogP contribution is -2.32. The van der Waals surface area contributed by atoms with Crippen molar-refractivity contribution in [1.82, 2.24) is 20.5 Å². The first kappa shape index (κ1) is 24.0. The Labute approximate surface area is 187 Å². The molecule has 0 saturated heterocycles. The second-order valence-corrected chi connectivity index (χ2v) is 7.99. The highest BCUT2D eigenvalue weighted by Gasteiger charge is 2.33. The first-order chi connectivity index (χ1) is 15.5. The van der Waals surface area contributed by atoms with Gasteiger partial charge in [0.1, 0.15) is 15.7 Å². The molecule has 14 heteroatoms. The average molecular weight is 485 g/mol. The summed E-state index contributed by atoms with van der Waals surface area (Å²) >= 11 is 0.999. The van der Waals surface area contributed by atoms with Crippen LogP contribution >= 0.6 is 11.3 Å². The van der Waals surface area contributed by atoms with E-state index in [1.165, 1.54) is 12.1 Å². The molecule has 2 N–H and O–H groups in total. The Morgan fingerprint density at radius 1 is 1.27 bits per heavy atom. The first-order valence-corrected chi connectivity index (χ1v) is 10.1. The molecular formula is C19H15F4N5O4S. The quantitative estimate of drug-likeness (QED) is 0.278. The minimum absolute atomic E-state index is 0.128. The summed E-state index contributed by atoms with van der Waals surface area (Å²) in [6.45, 7) is 1.58. The van der Waals surface area contributed by atoms with Crippen molar-refractivity contribution >= 4 is 23.1 Å². The highest BCUT2D eigenvalue weighted by molar-refractivity contribution is 7.14. The third kappa shape index (κ3) is 5.77. The largest absolute Gasteiger partial charge is 0.465 e. The lowest BCUT2D eigenvalue weighted by molar-refractivity contribution is -0.387. The standard InChI is InChI=1S/C19H15F4N5O4S/c1-9(25-18(29)30)6-12(11-3-5-15(24-8-11)19(21,22)23)17-27-26-16(33-17)10-2-4-14(28(31)32)13(20)7-10/h2-5,7-9,12,25H,6H2,1H3,(H,29,30)/t9?,12-/m1/s1. The molecule has 2 heterocycles. The van der Waals surface area contributed by atoms with Crippen LogP contribution in [0, 0.1) is 15.9 Å². The monoisotopic (exact) mass is 485 g/mol. The molecule has 2 aromatic heterocycles. The number of carbonyl (C=O) groups is 1. The third-order valence-electron chi connectivity index (χ3n) is 4.57. The van der Waals surface area contributed by atoms with Gasteiger partial charge < -0.3 is 10.4 Å². The molecule has 0 spiro atoms. The predicted molar refractivity (Wildman–Crippen MR) is 108 cm³/mol. The highest BCUT2D eigenvalue weighted by Crippen LogP contribution is 2.36. The van der Waals surface area contributed by atoms with E-state index in [9.17, 15) is 32.5 Å². The molecule has 1 unspecified atom stereocenters. The smallest absolute Gasteiger partial charge is 0.433 e. The van der Waals surface area contributed by atoms with Gasteiger partial charge in [0.15, 0.2) is 0 Å². The van der Waals surface area contributed by atoms with E-state index >= 15 is 0 Å². The topological polar surface area (TPSA) is 131 Å². The zero-order valence-corrected chi connectivity index (χ0v) is 17.5. The van der Waals surface area contributed by atoms with Crippen LogP contribution in [-0.2, 0) is 6.18 Å². The Kier molecular flexibility index (Phi) is 6.86. The van der Waals surface area contributed by atoms with Crippen molar-refractivity contribution in [2.75, 3.05) is 0 Å². The van der Waals surface area contributed by atoms with E-state index in [0.29, 0.717) is 10.6 Å². The van der Waals surface area contributed by atoms with Crippen molar-refractivity contribution < 1.29 is 32.4 Å². The number of alkyl halides is 3. The fourth-order valence-corrected chi connectivity index (χ4v) is 4.04. The Balaban J connectivity index is 1.96. The molecule has 9 nitrogen and oxygen atoms in total. The van der Waals surface area contributed by atoms with Crippen molar-refractivity contribution in [2.24, 2.45) is 0 Å². The van der Waals surface area contributed by atoms with Gasteiger partial charge in [-0.05, 0) is 37.1 Å². The third-order valence-corrected chi connectivity index (χ3v) is 5.65. The fourth-order valence-electron chi connectivity index (χ4n) is 3.06. The minimum Gasteiger partial charge on any atom is -0.465 e. The number of aromatic nitrogens is 3. The second-order valence-electron chi connectivity index (χ2n) is 6.98. The van der Waals surface area contributed by atoms with Crippen LogP contribution in [0.5, 0.6) is 0 Å². The van der Waals surface area contributed by atoms with Gasteiger partial charge in [0.25, 0.3) is 0 Å². The van der Waals surface area contributed by atoms with E-state index < -0.39 is 46.4 Å². The Bertz CT molecular complexity index is 1170. The number of halogens is 4. The molecule has 2 atom stereocenters. The number of benzene rings is 1. The van der Waals surface area contributed by atoms with E-state index in [1.807, 2.05) is 0 Å². The van der Waals surface area contributed by atoms with Crippen LogP contribution in [0.15, 0.2) is 36.5 Å². The molecular weight excluding hydrogens is 470 g/mol. The number of carboxylic acid groups (broad SMARTS) is 1. The van der Waals surface area contributed by atoms with E-state index in [2.05, 4.69) is 20.5 Å². The van der Waals surface area contributed by atoms with Gasteiger partial charge in [-0.2, -0.15) is 17.6 Å². The summed E-state index contributed by atoms with van der Waals surface area (Å²) in [5.74, 6) is -1.73. The zero-order valence-electron chi connectivity index (χ0n) is 16.7. The number of nitro groups is 1. The van der Waals surface area contributed by atoms with Crippen LogP contribution in [0.2, 0.25) is 0 Å². The maximum absolute atomic E-state index is 14.0. The number of pyridine rings is 1. The predicted octanol–water partition coefficient (Wildman–Crippen LogP) is 4.84. The summed E-state index contributed by atoms with van der Waals surface area (Å²) in [4.78, 5) is 24.3. The Morgan fingerprint density at radius 3 is 2.55 bits per heavy atom. The summed E-state index contributed by atoms with van der Waals surface area (Å²) in [5.41, 5.74) is -1.21. The van der Waals surface area contributed by atoms with Crippen molar-refractivity contribution in [3.05, 3.63) is 68.7 Å². The van der Waals surface area contributed by atoms with Crippen molar-refractivity contribution in [3.8, 4) is 10.6 Å². The lowest BCUT2D eigenvalue weighted by Gasteiger charge is -2.19. The van der Waals surface area contributed by atoms with Gasteiger partial charge in [-0.3, -0.25) is 15.1 Å². The summed E-state index contributed by atoms with van der Waals surface area (Å²) in [7, 11) is 0. The van der Waals surface area contributed by atoms with Gasteiger partial charge in [0.2, 0.25) is 5.82 Å². The molecule has 0 aliphatic carbocycles. The Morgan fingerprint density at radius 2 is 2.00 bits per heavy atom. The summed E-state index contributed by atoms with van der Waals surface area (Å²) in [5, 5.41) is 30.6. The number of nitrogens with zero attached hydrogens (tertiary/aromatic N) is 4. The molecule has 1 aromatic carbocycles. The molecule has 174 valence electrons. The zero-order chi connectivity index (χ0) is 24.3. The number of hydrogen-bond donors (Lipinski definition) is 2. The molecule has 3 rings (SSSR count). The van der Waals surface area contributed by atoms with Gasteiger partial charge in [-0.25, -0.2) is 4.79 Å². The molecule has 0 aliphatic heterocycles. The van der Waals surface area contributed by atoms with Crippen LogP contribution < -0.4 is 5.32 Å². The normalized spacial score (nSPS) is 13.4. The molecule has 0 fully saturated rings. The number of hydrogen-bond acceptors (Lipinski definition) is 7. The number of amides is 1. The summed E-state index contributed by atoms with van der Waals surface area (Å²) in [6.07, 6.45) is -4.73. The molecule has 0 aliphatic rings. The van der Waals surface area contributed by atoms with Crippen molar-refractivity contribution in [3.63, 3.8) is 0 Å². The minimum atomic E-state index is -4.62. The van der Waals surface area contributed by atoms with Gasteiger partial charge in [-0.15, -0.1) is 10.2 Å². The van der Waals surface area contributed by atoms with Crippen LogP contribution in [-0.4, -0.2) is 37.3 Å². The summed E-state index contributed by atoms with van der Waals surface area (Å²) < 4.78 is 52.6. The lowest BCUT2D eigenvalue weighted by atomic mass is 9.94. The van der Waals surface area contributed by atoms with E-state index in [4.69, 9.17) is 5.11 Å². The number of nitro benzene ring substituents is 1. The van der Waals surface area contributed by atoms with Gasteiger partial charge >= 0.3 is 18.0 Å². The van der Waals surface area contributed by atoms with Gasteiger partial charge in [-0.1, -0.05) is 17.4 Å². The van der Waals surface area contributed by atoms with E-state index in [0.717, 1.165) is 35.7 Å². The highest BCUT2D eigenvalue weighted by atomic mass is 32.1. The van der Waals surface area contributed by atoms with Gasteiger partial charge in [0, 0.05) is 29.8 Å². The molecule has 1 amide bonds. The van der Waals surface area contributed by atoms with Crippen molar-refractivity contribution in [1.29, 1.82) is 0 Å². The van der Waals surface area contributed by atoms with E-state index in [-0.39, 0.29) is 17.0 Å². The van der Waals surface area contributed by atoms with E-state index in [1.54, 1.807) is 6.92 Å². The van der Waals surface area contributed by atoms with Gasteiger partial charge in [0.05, 0.1) is 4.92 Å². The van der Waals surface area contributed by atoms with Crippen LogP contribution in [0.4, 0.5) is 28.0 Å². The average Bonchev–Trinajstić information content (AvgIpc) is 3.20. The molecule has 3 aromatic rings. The molecule has 0 saturated carbocycles. The van der Waals surface area contributed by atoms with Crippen LogP contribution in [0.3, 0.4) is 0 Å². The number of nitrogens with one attached hydrogen (secondary N) is 1. The summed E-state index contributed by atoms with van der Waals surface area (Å²) in [6, 6.07) is 4.66. The van der Waals surface area contributed by atoms with Crippen LogP contribution in [0.1, 0.15) is 35.5 Å². The first-order valence-electron chi connectivity index (χ1n) is 9.26. The Hall–Kier alpha value is -3.68. The fraction of sp³-hybridized carbons (Fsp3) is 0.263. The number of rotatable bonds is 7. The van der Waals surface area contributed by atoms with Crippen LogP contribution in [0.25, 0.3) is 10.6 Å². The maximum atomic E-state index is 14.0. The SMILES string of the molecule is CC(C[C@H](c1ccc(C(F)(F)F)nc1)c1nnc(-c2ccc([N+](=O)[O-])c(F)c2)s1)NC(=O)O.